The first-order valence-corrected chi connectivity index (χ1v) is 11.1. The van der Waals surface area contributed by atoms with Gasteiger partial charge in [-0.3, -0.25) is 9.59 Å². The number of nitrogens with one attached hydrogen (secondary N) is 1. The van der Waals surface area contributed by atoms with Crippen LogP contribution >= 0.6 is 11.3 Å². The molecule has 0 unspecified atom stereocenters. The highest BCUT2D eigenvalue weighted by molar-refractivity contribution is 7.14. The first kappa shape index (κ1) is 21.5. The molecule has 0 saturated carbocycles. The van der Waals surface area contributed by atoms with Crippen LogP contribution < -0.4 is 5.32 Å². The van der Waals surface area contributed by atoms with E-state index in [0.717, 1.165) is 27.4 Å². The van der Waals surface area contributed by atoms with Gasteiger partial charge in [-0.15, -0.1) is 11.3 Å². The third-order valence-corrected chi connectivity index (χ3v) is 6.07. The molecule has 2 heterocycles. The molecule has 0 spiro atoms. The van der Waals surface area contributed by atoms with E-state index in [1.54, 1.807) is 11.9 Å². The molecule has 4 rings (SSSR count). The highest BCUT2D eigenvalue weighted by Crippen LogP contribution is 2.26. The van der Waals surface area contributed by atoms with Crippen molar-refractivity contribution in [1.82, 2.24) is 20.0 Å². The molecule has 0 atom stereocenters. The average Bonchev–Trinajstić information content (AvgIpc) is 3.46. The van der Waals surface area contributed by atoms with Crippen molar-refractivity contribution >= 4 is 23.2 Å². The smallest absolute Gasteiger partial charge is 0.263 e. The number of carbonyl (C=O) groups excluding carboxylic acids is 2. The minimum atomic E-state index is -0.0905. The number of aromatic nitrogens is 2. The second-order valence-electron chi connectivity index (χ2n) is 7.49. The van der Waals surface area contributed by atoms with Crippen LogP contribution in [0.4, 0.5) is 0 Å². The van der Waals surface area contributed by atoms with Gasteiger partial charge in [0.25, 0.3) is 5.91 Å². The minimum absolute atomic E-state index is 0.0597. The molecule has 1 N–H and O–H groups in total. The first-order valence-electron chi connectivity index (χ1n) is 10.3. The Labute approximate surface area is 191 Å². The number of hydrogen-bond acceptors (Lipinski definition) is 4. The first-order chi connectivity index (χ1) is 15.5. The van der Waals surface area contributed by atoms with Crippen LogP contribution in [0.5, 0.6) is 0 Å². The Bertz CT molecular complexity index is 1220. The van der Waals surface area contributed by atoms with Gasteiger partial charge in [0, 0.05) is 42.7 Å². The monoisotopic (exact) mass is 444 g/mol. The zero-order valence-electron chi connectivity index (χ0n) is 18.0. The summed E-state index contributed by atoms with van der Waals surface area (Å²) in [6.07, 6.45) is 1.98. The van der Waals surface area contributed by atoms with Crippen molar-refractivity contribution in [2.24, 2.45) is 0 Å². The number of para-hydroxylation sites is 1. The van der Waals surface area contributed by atoms with Crippen LogP contribution in [0.15, 0.2) is 79.0 Å². The lowest BCUT2D eigenvalue weighted by Gasteiger charge is -2.16. The fourth-order valence-electron chi connectivity index (χ4n) is 3.39. The van der Waals surface area contributed by atoms with Gasteiger partial charge in [-0.1, -0.05) is 48.5 Å². The second-order valence-corrected chi connectivity index (χ2v) is 8.65. The Kier molecular flexibility index (Phi) is 6.47. The van der Waals surface area contributed by atoms with Gasteiger partial charge in [-0.05, 0) is 24.3 Å². The van der Waals surface area contributed by atoms with Gasteiger partial charge in [-0.25, -0.2) is 4.68 Å². The summed E-state index contributed by atoms with van der Waals surface area (Å²) < 4.78 is 1.85. The third kappa shape index (κ3) is 4.95. The second kappa shape index (κ2) is 9.62. The van der Waals surface area contributed by atoms with Crippen LogP contribution in [-0.4, -0.2) is 33.5 Å². The Morgan fingerprint density at radius 3 is 2.38 bits per heavy atom. The van der Waals surface area contributed by atoms with E-state index in [2.05, 4.69) is 5.32 Å². The van der Waals surface area contributed by atoms with Crippen LogP contribution in [0.25, 0.3) is 16.9 Å². The van der Waals surface area contributed by atoms with Gasteiger partial charge in [0.1, 0.15) is 0 Å². The van der Waals surface area contributed by atoms with Gasteiger partial charge in [-0.2, -0.15) is 5.10 Å². The molecule has 2 aromatic heterocycles. The lowest BCUT2D eigenvalue weighted by atomic mass is 10.1. The SMILES string of the molecule is CC(=O)NCc1ccc(C(=O)N(C)Cc2cn(-c3ccccc3)nc2-c2ccccc2)s1. The number of hydrogen-bond donors (Lipinski definition) is 1. The van der Waals surface area contributed by atoms with E-state index in [1.165, 1.54) is 18.3 Å². The summed E-state index contributed by atoms with van der Waals surface area (Å²) in [7, 11) is 1.80. The topological polar surface area (TPSA) is 67.2 Å². The van der Waals surface area contributed by atoms with E-state index in [-0.39, 0.29) is 11.8 Å². The Morgan fingerprint density at radius 2 is 1.69 bits per heavy atom. The highest BCUT2D eigenvalue weighted by atomic mass is 32.1. The van der Waals surface area contributed by atoms with Crippen molar-refractivity contribution in [3.05, 3.63) is 94.3 Å². The number of benzene rings is 2. The molecule has 0 bridgehead atoms. The van der Waals surface area contributed by atoms with Crippen LogP contribution in [-0.2, 0) is 17.9 Å². The molecule has 2 aromatic carbocycles. The third-order valence-electron chi connectivity index (χ3n) is 5.00. The summed E-state index contributed by atoms with van der Waals surface area (Å²) in [6, 6.07) is 23.6. The number of nitrogens with zero attached hydrogens (tertiary/aromatic N) is 3. The van der Waals surface area contributed by atoms with Crippen molar-refractivity contribution in [1.29, 1.82) is 0 Å². The van der Waals surface area contributed by atoms with Crippen LogP contribution in [0.2, 0.25) is 0 Å². The maximum atomic E-state index is 13.0. The summed E-state index contributed by atoms with van der Waals surface area (Å²) in [5.74, 6) is -0.150. The van der Waals surface area contributed by atoms with Crippen molar-refractivity contribution in [2.75, 3.05) is 7.05 Å². The predicted molar refractivity (Wildman–Crippen MR) is 127 cm³/mol. The molecule has 0 aliphatic heterocycles. The molecule has 0 radical (unpaired) electrons. The number of rotatable bonds is 7. The number of thiophene rings is 1. The summed E-state index contributed by atoms with van der Waals surface area (Å²) in [6.45, 7) is 2.33. The minimum Gasteiger partial charge on any atom is -0.351 e. The molecule has 6 nitrogen and oxygen atoms in total. The molecule has 0 saturated heterocycles. The van der Waals surface area contributed by atoms with E-state index in [0.29, 0.717) is 18.0 Å². The summed E-state index contributed by atoms with van der Waals surface area (Å²) in [5, 5.41) is 7.58. The molecule has 162 valence electrons. The molecule has 32 heavy (non-hydrogen) atoms. The predicted octanol–water partition coefficient (Wildman–Crippen LogP) is 4.51. The zero-order chi connectivity index (χ0) is 22.5. The van der Waals surface area contributed by atoms with E-state index >= 15 is 0 Å². The number of carbonyl (C=O) groups is 2. The van der Waals surface area contributed by atoms with Crippen molar-refractivity contribution in [3.63, 3.8) is 0 Å². The fraction of sp³-hybridized carbons (Fsp3) is 0.160. The molecule has 0 aliphatic rings. The average molecular weight is 445 g/mol. The largest absolute Gasteiger partial charge is 0.351 e. The Balaban J connectivity index is 1.58. The van der Waals surface area contributed by atoms with Crippen LogP contribution in [0.1, 0.15) is 27.0 Å². The van der Waals surface area contributed by atoms with Gasteiger partial charge in [0.05, 0.1) is 22.8 Å². The summed E-state index contributed by atoms with van der Waals surface area (Å²) in [5.41, 5.74) is 3.79. The molecule has 4 aromatic rings. The van der Waals surface area contributed by atoms with Gasteiger partial charge in [0.15, 0.2) is 0 Å². The van der Waals surface area contributed by atoms with Gasteiger partial charge in [0.2, 0.25) is 5.91 Å². The lowest BCUT2D eigenvalue weighted by Crippen LogP contribution is -2.25. The molecular formula is C25H24N4O2S. The molecule has 2 amide bonds. The van der Waals surface area contributed by atoms with Crippen molar-refractivity contribution in [3.8, 4) is 16.9 Å². The normalized spacial score (nSPS) is 10.7. The molecule has 0 fully saturated rings. The highest BCUT2D eigenvalue weighted by Gasteiger charge is 2.19. The molecule has 0 aliphatic carbocycles. The lowest BCUT2D eigenvalue weighted by molar-refractivity contribution is -0.119. The molecular weight excluding hydrogens is 420 g/mol. The summed E-state index contributed by atoms with van der Waals surface area (Å²) >= 11 is 1.40. The Hall–Kier alpha value is -3.71. The van der Waals surface area contributed by atoms with E-state index in [1.807, 2.05) is 83.7 Å². The van der Waals surface area contributed by atoms with Crippen LogP contribution in [0, 0.1) is 0 Å². The maximum absolute atomic E-state index is 13.0. The van der Waals surface area contributed by atoms with Crippen molar-refractivity contribution in [2.45, 2.75) is 20.0 Å². The zero-order valence-corrected chi connectivity index (χ0v) is 18.8. The van der Waals surface area contributed by atoms with E-state index in [9.17, 15) is 9.59 Å². The Morgan fingerprint density at radius 1 is 1.00 bits per heavy atom. The maximum Gasteiger partial charge on any atom is 0.263 e. The molecule has 7 heteroatoms. The fourth-order valence-corrected chi connectivity index (χ4v) is 4.33. The number of amides is 2. The van der Waals surface area contributed by atoms with Gasteiger partial charge >= 0.3 is 0 Å². The quantitative estimate of drug-likeness (QED) is 0.456. The van der Waals surface area contributed by atoms with Crippen molar-refractivity contribution < 1.29 is 9.59 Å². The van der Waals surface area contributed by atoms with E-state index < -0.39 is 0 Å². The van der Waals surface area contributed by atoms with Crippen LogP contribution in [0.3, 0.4) is 0 Å². The van der Waals surface area contributed by atoms with E-state index in [4.69, 9.17) is 5.10 Å². The van der Waals surface area contributed by atoms with Gasteiger partial charge < -0.3 is 10.2 Å². The standard InChI is InChI=1S/C25H24N4O2S/c1-18(30)26-15-22-13-14-23(32-22)25(31)28(2)16-20-17-29(21-11-7-4-8-12-21)27-24(20)19-9-5-3-6-10-19/h3-14,17H,15-16H2,1-2H3,(H,26,30). The summed E-state index contributed by atoms with van der Waals surface area (Å²) in [4.78, 5) is 27.5.